The Morgan fingerprint density at radius 3 is 1.80 bits per heavy atom. The molecule has 0 saturated carbocycles. The van der Waals surface area contributed by atoms with Crippen molar-refractivity contribution in [1.82, 2.24) is 35.0 Å². The number of fused-ring (bicyclic) bond motifs is 2. The monoisotopic (exact) mass is 1200 g/mol. The highest BCUT2D eigenvalue weighted by Crippen LogP contribution is 2.41. The molecule has 8 rings (SSSR count). The van der Waals surface area contributed by atoms with Gasteiger partial charge >= 0.3 is 6.03 Å². The number of benzene rings is 4. The maximum absolute atomic E-state index is 13.7. The first kappa shape index (κ1) is 62.2. The maximum Gasteiger partial charge on any atom is 0.314 e. The SMILES string of the molecule is [C-]#[N+]c1cc(Cl)cc2c1CN(C)CC2c1cccc(S(=O)(=O)NC2CCN(C(=O)CCCCC(=O)CCCCCNC(=O)NCCCC(=O)N3CCC(CS(=O)(=O)c4cccc(C5CN(C)Cc6c(C#N)cc(Cl)cc65)c4)CC3)CC2)c1. The molecule has 4 amide bonds. The number of carbonyl (C=O) groups is 4. The van der Waals surface area contributed by atoms with Crippen molar-refractivity contribution < 1.29 is 36.0 Å². The lowest BCUT2D eigenvalue weighted by Crippen LogP contribution is -2.46. The average Bonchev–Trinajstić information content (AvgIpc) is 2.85. The molecule has 2 fully saturated rings. The van der Waals surface area contributed by atoms with Gasteiger partial charge in [-0.2, -0.15) is 5.26 Å². The van der Waals surface area contributed by atoms with Crippen LogP contribution in [-0.4, -0.2) is 138 Å². The summed E-state index contributed by atoms with van der Waals surface area (Å²) in [6.07, 6.45) is 7.48. The van der Waals surface area contributed by atoms with E-state index in [9.17, 15) is 41.3 Å². The summed E-state index contributed by atoms with van der Waals surface area (Å²) in [5, 5.41) is 16.4. The van der Waals surface area contributed by atoms with Crippen molar-refractivity contribution in [3.8, 4) is 6.07 Å². The van der Waals surface area contributed by atoms with Gasteiger partial charge in [0.25, 0.3) is 0 Å². The van der Waals surface area contributed by atoms with Gasteiger partial charge in [-0.1, -0.05) is 53.9 Å². The van der Waals surface area contributed by atoms with E-state index in [1.54, 1.807) is 58.3 Å². The molecule has 438 valence electrons. The third kappa shape index (κ3) is 16.5. The molecule has 0 radical (unpaired) electrons. The smallest absolute Gasteiger partial charge is 0.314 e. The molecule has 0 spiro atoms. The van der Waals surface area contributed by atoms with Gasteiger partial charge < -0.3 is 30.2 Å². The Morgan fingerprint density at radius 2 is 1.18 bits per heavy atom. The molecule has 17 nitrogen and oxygen atoms in total. The highest BCUT2D eigenvalue weighted by Gasteiger charge is 2.33. The molecule has 0 aromatic heterocycles. The third-order valence-electron chi connectivity index (χ3n) is 16.5. The lowest BCUT2D eigenvalue weighted by molar-refractivity contribution is -0.133. The first-order valence-electron chi connectivity index (χ1n) is 28.6. The predicted molar refractivity (Wildman–Crippen MR) is 317 cm³/mol. The van der Waals surface area contributed by atoms with Crippen molar-refractivity contribution in [3.05, 3.63) is 133 Å². The standard InChI is InChI=1S/C61H75Cl2N9O8S2/c1-65-58-35-47(63)34-53-55(38-70(3)40-57(53)58)44-13-10-17-51(32-44)82(79,80)68-48-22-28-72(29-23-48)59(74)18-7-6-15-49(73)14-5-4-8-24-66-61(76)67-25-11-19-60(75)71-26-20-42(21-27-71)41-81(77,78)50-16-9-12-43(31-50)54-37-69(2)39-56-45(36-64)30-46(62)33-52(54)56/h9-10,12-13,16-17,30-35,42,48,54-55,68H,4-8,11,14-15,18-29,37-41H2,2-3H3,(H2,66,67,76). The van der Waals surface area contributed by atoms with Crippen LogP contribution in [-0.2, 0) is 47.3 Å². The number of halogens is 2. The van der Waals surface area contributed by atoms with E-state index in [0.29, 0.717) is 164 Å². The van der Waals surface area contributed by atoms with Crippen molar-refractivity contribution >= 4 is 72.4 Å². The fraction of sp³-hybridized carbons (Fsp3) is 0.508. The lowest BCUT2D eigenvalue weighted by atomic mass is 9.83. The summed E-state index contributed by atoms with van der Waals surface area (Å²) in [5.41, 5.74) is 6.42. The first-order chi connectivity index (χ1) is 39.3. The highest BCUT2D eigenvalue weighted by atomic mass is 35.5. The Kier molecular flexibility index (Phi) is 21.7. The lowest BCUT2D eigenvalue weighted by Gasteiger charge is -2.34. The van der Waals surface area contributed by atoms with E-state index in [1.165, 1.54) is 0 Å². The fourth-order valence-electron chi connectivity index (χ4n) is 12.0. The van der Waals surface area contributed by atoms with Crippen LogP contribution in [0.25, 0.3) is 4.85 Å². The molecular formula is C61H75Cl2N9O8S2. The molecule has 2 atom stereocenters. The summed E-state index contributed by atoms with van der Waals surface area (Å²) in [6.45, 7) is 12.8. The number of Topliss-reactive ketones (excluding diaryl/α,β-unsaturated/α-hetero) is 1. The van der Waals surface area contributed by atoms with Gasteiger partial charge in [-0.05, 0) is 160 Å². The number of nitriles is 1. The fourth-order valence-corrected chi connectivity index (χ4v) is 15.6. The maximum atomic E-state index is 13.7. The average molecular weight is 1200 g/mol. The zero-order valence-electron chi connectivity index (χ0n) is 46.9. The third-order valence-corrected chi connectivity index (χ3v) is 20.3. The number of carbonyl (C=O) groups excluding carboxylic acids is 4. The van der Waals surface area contributed by atoms with Crippen molar-refractivity contribution in [2.24, 2.45) is 5.92 Å². The Labute approximate surface area is 493 Å². The normalized spacial score (nSPS) is 18.2. The molecule has 4 aliphatic heterocycles. The molecule has 21 heteroatoms. The summed E-state index contributed by atoms with van der Waals surface area (Å²) < 4.78 is 57.7. The topological polar surface area (TPSA) is 214 Å². The van der Waals surface area contributed by atoms with E-state index in [1.807, 2.05) is 38.4 Å². The van der Waals surface area contributed by atoms with Crippen LogP contribution in [0.2, 0.25) is 10.0 Å². The van der Waals surface area contributed by atoms with Crippen LogP contribution in [0, 0.1) is 23.8 Å². The number of rotatable bonds is 23. The zero-order chi connectivity index (χ0) is 58.6. The van der Waals surface area contributed by atoms with Crippen molar-refractivity contribution in [1.29, 1.82) is 5.26 Å². The molecule has 2 unspecified atom stereocenters. The van der Waals surface area contributed by atoms with E-state index >= 15 is 0 Å². The molecule has 3 N–H and O–H groups in total. The number of likely N-dealkylation sites (N-methyl/N-ethyl adjacent to an activating group) is 2. The van der Waals surface area contributed by atoms with Crippen LogP contribution in [0.4, 0.5) is 10.5 Å². The number of sulfonamides is 1. The van der Waals surface area contributed by atoms with E-state index in [-0.39, 0.29) is 69.4 Å². The number of likely N-dealkylation sites (tertiary alicyclic amines) is 2. The van der Waals surface area contributed by atoms with E-state index in [0.717, 1.165) is 39.8 Å². The van der Waals surface area contributed by atoms with Crippen LogP contribution in [0.1, 0.15) is 141 Å². The van der Waals surface area contributed by atoms with Crippen molar-refractivity contribution in [2.75, 3.05) is 72.2 Å². The number of urea groups is 1. The Hall–Kier alpha value is -5.90. The van der Waals surface area contributed by atoms with Gasteiger partial charge in [0.2, 0.25) is 21.8 Å². The molecular weight excluding hydrogens is 1120 g/mol. The van der Waals surface area contributed by atoms with Crippen molar-refractivity contribution in [2.45, 2.75) is 131 Å². The molecule has 82 heavy (non-hydrogen) atoms. The second kappa shape index (κ2) is 28.6. The van der Waals surface area contributed by atoms with Gasteiger partial charge in [-0.15, -0.1) is 0 Å². The van der Waals surface area contributed by atoms with Gasteiger partial charge in [-0.3, -0.25) is 14.4 Å². The molecule has 2 saturated heterocycles. The van der Waals surface area contributed by atoms with E-state index in [2.05, 4.69) is 36.1 Å². The van der Waals surface area contributed by atoms with Crippen LogP contribution >= 0.6 is 23.2 Å². The molecule has 4 heterocycles. The number of ketones is 1. The minimum atomic E-state index is -3.86. The second-order valence-corrected chi connectivity index (χ2v) is 27.2. The number of nitrogens with zero attached hydrogens (tertiary/aromatic N) is 6. The minimum absolute atomic E-state index is 0.00405. The number of hydrogen-bond acceptors (Lipinski definition) is 11. The molecule has 0 aliphatic carbocycles. The van der Waals surface area contributed by atoms with E-state index in [4.69, 9.17) is 29.8 Å². The van der Waals surface area contributed by atoms with Crippen molar-refractivity contribution in [3.63, 3.8) is 0 Å². The summed E-state index contributed by atoms with van der Waals surface area (Å²) in [5.74, 6) is -0.249. The molecule has 4 aliphatic rings. The quantitative estimate of drug-likeness (QED) is 0.0470. The number of amides is 4. The van der Waals surface area contributed by atoms with Crippen LogP contribution in [0.3, 0.4) is 0 Å². The largest absolute Gasteiger partial charge is 0.343 e. The Balaban J connectivity index is 0.635. The highest BCUT2D eigenvalue weighted by molar-refractivity contribution is 7.91. The van der Waals surface area contributed by atoms with Crippen LogP contribution < -0.4 is 15.4 Å². The summed E-state index contributed by atoms with van der Waals surface area (Å²) in [6, 6.07) is 22.8. The summed E-state index contributed by atoms with van der Waals surface area (Å²) >= 11 is 12.8. The van der Waals surface area contributed by atoms with E-state index < -0.39 is 19.9 Å². The number of sulfone groups is 1. The van der Waals surface area contributed by atoms with Gasteiger partial charge in [-0.25, -0.2) is 31.2 Å². The summed E-state index contributed by atoms with van der Waals surface area (Å²) in [4.78, 5) is 63.0. The Morgan fingerprint density at radius 1 is 0.659 bits per heavy atom. The molecule has 0 bridgehead atoms. The number of nitrogens with one attached hydrogen (secondary N) is 3. The van der Waals surface area contributed by atoms with Gasteiger partial charge in [0.15, 0.2) is 15.5 Å². The molecule has 4 aromatic carbocycles. The predicted octanol–water partition coefficient (Wildman–Crippen LogP) is 9.32. The number of unbranched alkanes of at least 4 members (excludes halogenated alkanes) is 3. The number of piperidine rings is 2. The second-order valence-electron chi connectivity index (χ2n) is 22.6. The summed E-state index contributed by atoms with van der Waals surface area (Å²) in [7, 11) is -3.51. The van der Waals surface area contributed by atoms with Gasteiger partial charge in [0.1, 0.15) is 5.78 Å². The first-order valence-corrected chi connectivity index (χ1v) is 32.5. The molecule has 4 aromatic rings. The van der Waals surface area contributed by atoms with Gasteiger partial charge in [0.05, 0.1) is 33.7 Å². The zero-order valence-corrected chi connectivity index (χ0v) is 50.1. The minimum Gasteiger partial charge on any atom is -0.343 e. The Bertz CT molecular complexity index is 3080. The van der Waals surface area contributed by atoms with Gasteiger partial charge in [0, 0.05) is 119 Å². The van der Waals surface area contributed by atoms with Crippen LogP contribution in [0.5, 0.6) is 0 Å². The number of hydrogen-bond donors (Lipinski definition) is 3. The van der Waals surface area contributed by atoms with Crippen LogP contribution in [0.15, 0.2) is 82.6 Å².